The number of nitriles is 1. The molecule has 1 N–H and O–H groups in total. The summed E-state index contributed by atoms with van der Waals surface area (Å²) < 4.78 is 0. The van der Waals surface area contributed by atoms with Gasteiger partial charge in [0.2, 0.25) is 11.8 Å². The van der Waals surface area contributed by atoms with E-state index in [9.17, 15) is 14.9 Å². The average Bonchev–Trinajstić information content (AvgIpc) is 3.17. The first-order valence-electron chi connectivity index (χ1n) is 7.97. The van der Waals surface area contributed by atoms with E-state index in [0.717, 1.165) is 28.8 Å². The van der Waals surface area contributed by atoms with Crippen LogP contribution in [0, 0.1) is 11.3 Å². The molecule has 25 heavy (non-hydrogen) atoms. The van der Waals surface area contributed by atoms with Crippen LogP contribution in [0.25, 0.3) is 11.1 Å². The van der Waals surface area contributed by atoms with Crippen LogP contribution in [-0.4, -0.2) is 34.9 Å². The third-order valence-corrected chi connectivity index (χ3v) is 6.52. The van der Waals surface area contributed by atoms with Crippen molar-refractivity contribution in [1.29, 1.82) is 5.26 Å². The van der Waals surface area contributed by atoms with Crippen LogP contribution in [0.3, 0.4) is 0 Å². The molecule has 2 aliphatic rings. The maximum atomic E-state index is 12.3. The third-order valence-electron chi connectivity index (χ3n) is 4.41. The number of nitrogens with zero attached hydrogens (tertiary/aromatic N) is 2. The lowest BCUT2D eigenvalue weighted by atomic mass is 9.88. The molecule has 2 amide bonds. The van der Waals surface area contributed by atoms with Crippen LogP contribution < -0.4 is 5.32 Å². The van der Waals surface area contributed by atoms with Crippen LogP contribution >= 0.6 is 23.1 Å². The van der Waals surface area contributed by atoms with Crippen LogP contribution in [-0.2, 0) is 22.4 Å². The number of nitrogens with one attached hydrogen (secondary N) is 1. The molecule has 0 radical (unpaired) electrons. The Hall–Kier alpha value is -2.30. The van der Waals surface area contributed by atoms with E-state index in [-0.39, 0.29) is 18.4 Å². The number of hydrogen-bond donors (Lipinski definition) is 1. The normalized spacial score (nSPS) is 15.5. The largest absolute Gasteiger partial charge is 0.323 e. The molecular weight excluding hydrogens is 354 g/mol. The van der Waals surface area contributed by atoms with Crippen molar-refractivity contribution in [3.05, 3.63) is 40.3 Å². The summed E-state index contributed by atoms with van der Waals surface area (Å²) in [5.41, 5.74) is 3.81. The first-order chi connectivity index (χ1) is 12.2. The molecular formula is C18H15N3O2S2. The molecule has 1 saturated heterocycles. The summed E-state index contributed by atoms with van der Waals surface area (Å²) in [6.45, 7) is 0.0376. The fourth-order valence-electron chi connectivity index (χ4n) is 3.24. The van der Waals surface area contributed by atoms with E-state index in [4.69, 9.17) is 0 Å². The van der Waals surface area contributed by atoms with E-state index in [1.807, 2.05) is 18.2 Å². The molecule has 0 saturated carbocycles. The molecule has 126 valence electrons. The number of amides is 2. The summed E-state index contributed by atoms with van der Waals surface area (Å²) in [5, 5.41) is 13.1. The van der Waals surface area contributed by atoms with Crippen molar-refractivity contribution in [3.63, 3.8) is 0 Å². The van der Waals surface area contributed by atoms with E-state index >= 15 is 0 Å². The third kappa shape index (κ3) is 2.92. The summed E-state index contributed by atoms with van der Waals surface area (Å²) in [7, 11) is 0. The summed E-state index contributed by atoms with van der Waals surface area (Å²) in [4.78, 5) is 26.7. The Labute approximate surface area is 153 Å². The monoisotopic (exact) mass is 369 g/mol. The second kappa shape index (κ2) is 6.54. The second-order valence-electron chi connectivity index (χ2n) is 5.99. The number of anilines is 1. The van der Waals surface area contributed by atoms with Gasteiger partial charge in [-0.3, -0.25) is 9.59 Å². The predicted octanol–water partition coefficient (Wildman–Crippen LogP) is 2.86. The second-order valence-corrected chi connectivity index (χ2v) is 8.05. The molecule has 1 aromatic carbocycles. The molecule has 1 aromatic heterocycles. The van der Waals surface area contributed by atoms with Gasteiger partial charge in [-0.15, -0.1) is 23.1 Å². The molecule has 1 fully saturated rings. The van der Waals surface area contributed by atoms with Gasteiger partial charge in [-0.1, -0.05) is 24.3 Å². The van der Waals surface area contributed by atoms with E-state index in [2.05, 4.69) is 17.5 Å². The molecule has 2 heterocycles. The summed E-state index contributed by atoms with van der Waals surface area (Å²) in [6, 6.07) is 10.4. The van der Waals surface area contributed by atoms with Crippen LogP contribution in [0.1, 0.15) is 16.0 Å². The first-order valence-corrected chi connectivity index (χ1v) is 9.94. The Balaban J connectivity index is 1.62. The highest BCUT2D eigenvalue weighted by atomic mass is 32.2. The minimum Gasteiger partial charge on any atom is -0.323 e. The van der Waals surface area contributed by atoms with Crippen molar-refractivity contribution in [2.45, 2.75) is 12.8 Å². The number of thioether (sulfide) groups is 1. The zero-order chi connectivity index (χ0) is 17.4. The van der Waals surface area contributed by atoms with Crippen LogP contribution in [0.5, 0.6) is 0 Å². The number of rotatable bonds is 3. The van der Waals surface area contributed by atoms with Gasteiger partial charge in [-0.05, 0) is 24.0 Å². The molecule has 5 nitrogen and oxygen atoms in total. The predicted molar refractivity (Wildman–Crippen MR) is 99.5 cm³/mol. The van der Waals surface area contributed by atoms with E-state index in [1.54, 1.807) is 0 Å². The van der Waals surface area contributed by atoms with E-state index in [0.29, 0.717) is 22.2 Å². The quantitative estimate of drug-likeness (QED) is 0.903. The fraction of sp³-hybridized carbons (Fsp3) is 0.278. The Morgan fingerprint density at radius 3 is 2.92 bits per heavy atom. The van der Waals surface area contributed by atoms with Crippen LogP contribution in [0.4, 0.5) is 5.00 Å². The first kappa shape index (κ1) is 16.2. The number of benzene rings is 1. The van der Waals surface area contributed by atoms with E-state index < -0.39 is 0 Å². The van der Waals surface area contributed by atoms with Crippen molar-refractivity contribution < 1.29 is 9.59 Å². The van der Waals surface area contributed by atoms with Crippen LogP contribution in [0.15, 0.2) is 24.3 Å². The molecule has 0 bridgehead atoms. The van der Waals surface area contributed by atoms with Gasteiger partial charge in [0.25, 0.3) is 0 Å². The number of carbonyl (C=O) groups is 2. The lowest BCUT2D eigenvalue weighted by Gasteiger charge is -2.16. The van der Waals surface area contributed by atoms with Crippen molar-refractivity contribution in [2.75, 3.05) is 23.5 Å². The number of hydrogen-bond acceptors (Lipinski definition) is 5. The van der Waals surface area contributed by atoms with Crippen molar-refractivity contribution in [1.82, 2.24) is 4.90 Å². The highest BCUT2D eigenvalue weighted by Crippen LogP contribution is 2.44. The summed E-state index contributed by atoms with van der Waals surface area (Å²) >= 11 is 2.98. The molecule has 0 unspecified atom stereocenters. The Morgan fingerprint density at radius 1 is 1.32 bits per heavy atom. The number of thiophene rings is 1. The van der Waals surface area contributed by atoms with Crippen LogP contribution in [0.2, 0.25) is 0 Å². The fourth-order valence-corrected chi connectivity index (χ4v) is 5.33. The molecule has 0 atom stereocenters. The number of fused-ring (bicyclic) bond motifs is 3. The van der Waals surface area contributed by atoms with Gasteiger partial charge in [0.15, 0.2) is 0 Å². The van der Waals surface area contributed by atoms with Gasteiger partial charge >= 0.3 is 0 Å². The Bertz CT molecular complexity index is 914. The minimum absolute atomic E-state index is 0.0138. The van der Waals surface area contributed by atoms with Crippen molar-refractivity contribution in [2.24, 2.45) is 0 Å². The molecule has 4 rings (SSSR count). The molecule has 1 aliphatic heterocycles. The zero-order valence-corrected chi connectivity index (χ0v) is 15.0. The lowest BCUT2D eigenvalue weighted by molar-refractivity contribution is -0.130. The summed E-state index contributed by atoms with van der Waals surface area (Å²) in [5.74, 6) is 0.714. The Kier molecular flexibility index (Phi) is 4.24. The Morgan fingerprint density at radius 2 is 2.16 bits per heavy atom. The van der Waals surface area contributed by atoms with Gasteiger partial charge in [0.1, 0.15) is 17.6 Å². The maximum absolute atomic E-state index is 12.3. The number of aryl methyl sites for hydroxylation is 2. The van der Waals surface area contributed by atoms with Crippen molar-refractivity contribution >= 4 is 39.9 Å². The van der Waals surface area contributed by atoms with Crippen molar-refractivity contribution in [3.8, 4) is 17.2 Å². The highest BCUT2D eigenvalue weighted by Gasteiger charge is 2.27. The maximum Gasteiger partial charge on any atom is 0.244 e. The van der Waals surface area contributed by atoms with Gasteiger partial charge in [0, 0.05) is 10.4 Å². The van der Waals surface area contributed by atoms with E-state index in [1.165, 1.54) is 33.6 Å². The van der Waals surface area contributed by atoms with Gasteiger partial charge in [-0.2, -0.15) is 5.26 Å². The van der Waals surface area contributed by atoms with Gasteiger partial charge < -0.3 is 10.2 Å². The van der Waals surface area contributed by atoms with Gasteiger partial charge in [-0.25, -0.2) is 0 Å². The molecule has 2 aromatic rings. The highest BCUT2D eigenvalue weighted by molar-refractivity contribution is 8.00. The lowest BCUT2D eigenvalue weighted by Crippen LogP contribution is -2.34. The molecule has 1 aliphatic carbocycles. The average molecular weight is 369 g/mol. The SMILES string of the molecule is N#Cc1c(NC(=O)CN2CSCC2=O)sc2c1-c1ccccc1CC2. The summed E-state index contributed by atoms with van der Waals surface area (Å²) in [6.07, 6.45) is 1.82. The topological polar surface area (TPSA) is 73.2 Å². The zero-order valence-electron chi connectivity index (χ0n) is 13.4. The van der Waals surface area contributed by atoms with Gasteiger partial charge in [0.05, 0.1) is 17.2 Å². The molecule has 7 heteroatoms. The minimum atomic E-state index is -0.251. The molecule has 0 spiro atoms. The smallest absolute Gasteiger partial charge is 0.244 e. The number of carbonyl (C=O) groups excluding carboxylic acids is 2. The standard InChI is InChI=1S/C18H15N3O2S2/c19-7-13-17-12-4-2-1-3-11(12)5-6-14(17)25-18(13)20-15(22)8-21-10-24-9-16(21)23/h1-4H,5-6,8-10H2,(H,20,22).